The molecule has 0 atom stereocenters. The fourth-order valence-corrected chi connectivity index (χ4v) is 6.88. The Morgan fingerprint density at radius 1 is 1.03 bits per heavy atom. The highest BCUT2D eigenvalue weighted by molar-refractivity contribution is 8.00. The van der Waals surface area contributed by atoms with Gasteiger partial charge in [-0.15, -0.1) is 15.3 Å². The molecule has 0 saturated heterocycles. The van der Waals surface area contributed by atoms with Gasteiger partial charge in [-0.1, -0.05) is 54.1 Å². The van der Waals surface area contributed by atoms with Crippen molar-refractivity contribution in [2.24, 2.45) is 0 Å². The number of carbonyl (C=O) groups is 1. The summed E-state index contributed by atoms with van der Waals surface area (Å²) in [5.74, 6) is -0.304. The molecule has 0 saturated carbocycles. The number of anilines is 1. The average Bonchev–Trinajstić information content (AvgIpc) is 3.48. The average molecular weight is 542 g/mol. The quantitative estimate of drug-likeness (QED) is 0.218. The molecule has 176 valence electrons. The number of thiazole rings is 1. The molecule has 0 aliphatic heterocycles. The monoisotopic (exact) mass is 541 g/mol. The van der Waals surface area contributed by atoms with Gasteiger partial charge in [-0.3, -0.25) is 4.79 Å². The summed E-state index contributed by atoms with van der Waals surface area (Å²) in [5, 5.41) is 6.07. The predicted octanol–water partition coefficient (Wildman–Crippen LogP) is 5.20. The summed E-state index contributed by atoms with van der Waals surface area (Å²) in [6, 6.07) is 22.6. The van der Waals surface area contributed by atoms with Crippen molar-refractivity contribution in [1.29, 1.82) is 0 Å². The lowest BCUT2D eigenvalue weighted by Crippen LogP contribution is -2.44. The van der Waals surface area contributed by atoms with E-state index in [1.54, 1.807) is 60.7 Å². The van der Waals surface area contributed by atoms with Gasteiger partial charge >= 0.3 is 15.2 Å². The number of hydrogen-bond acceptors (Lipinski definition) is 6. The Morgan fingerprint density at radius 2 is 1.74 bits per heavy atom. The molecule has 5 aromatic rings. The van der Waals surface area contributed by atoms with Gasteiger partial charge in [-0.05, 0) is 48.2 Å². The van der Waals surface area contributed by atoms with Crippen molar-refractivity contribution >= 4 is 66.8 Å². The standard InChI is InChI=1S/C24H17ClN4O3S3/c25-17-12-10-16(11-13-17)20-14-33-23(26-20)28-22(30)15-34-24-27-19-8-4-5-9-21(19)29(24)35(31,32)18-6-2-1-3-7-18/h1-14H,15H2,(H,26,28,30)/p+1. The predicted molar refractivity (Wildman–Crippen MR) is 139 cm³/mol. The Hall–Kier alpha value is -3.18. The first kappa shape index (κ1) is 23.6. The normalized spacial score (nSPS) is 11.6. The third-order valence-corrected chi connectivity index (χ3v) is 8.88. The summed E-state index contributed by atoms with van der Waals surface area (Å²) in [4.78, 5) is 20.4. The number of imidazole rings is 1. The van der Waals surface area contributed by atoms with Crippen LogP contribution in [0.2, 0.25) is 5.02 Å². The molecule has 5 rings (SSSR count). The second-order valence-electron chi connectivity index (χ2n) is 7.41. The molecular weight excluding hydrogens is 524 g/mol. The minimum Gasteiger partial charge on any atom is -0.301 e. The highest BCUT2D eigenvalue weighted by Crippen LogP contribution is 2.27. The van der Waals surface area contributed by atoms with Gasteiger partial charge in [0, 0.05) is 16.0 Å². The first-order valence-electron chi connectivity index (χ1n) is 10.4. The number of H-pyrrole nitrogens is 1. The van der Waals surface area contributed by atoms with Crippen molar-refractivity contribution in [2.75, 3.05) is 11.1 Å². The van der Waals surface area contributed by atoms with Crippen LogP contribution in [-0.4, -0.2) is 30.0 Å². The number of carbonyl (C=O) groups excluding carboxylic acids is 1. The van der Waals surface area contributed by atoms with Crippen molar-refractivity contribution in [2.45, 2.75) is 10.1 Å². The van der Waals surface area contributed by atoms with Crippen molar-refractivity contribution in [1.82, 2.24) is 9.97 Å². The maximum atomic E-state index is 13.4. The smallest absolute Gasteiger partial charge is 0.301 e. The van der Waals surface area contributed by atoms with Gasteiger partial charge in [0.05, 0.1) is 11.4 Å². The number of para-hydroxylation sites is 2. The maximum absolute atomic E-state index is 13.4. The van der Waals surface area contributed by atoms with Gasteiger partial charge in [-0.2, -0.15) is 8.42 Å². The number of aromatic nitrogens is 3. The Morgan fingerprint density at radius 3 is 2.51 bits per heavy atom. The zero-order valence-electron chi connectivity index (χ0n) is 18.0. The van der Waals surface area contributed by atoms with E-state index in [1.807, 2.05) is 23.6 Å². The van der Waals surface area contributed by atoms with Crippen LogP contribution >= 0.6 is 34.7 Å². The van der Waals surface area contributed by atoms with E-state index in [9.17, 15) is 13.2 Å². The van der Waals surface area contributed by atoms with Crippen LogP contribution in [-0.2, 0) is 14.8 Å². The number of halogens is 1. The number of fused-ring (bicyclic) bond motifs is 1. The number of nitrogens with one attached hydrogen (secondary N) is 2. The van der Waals surface area contributed by atoms with E-state index in [0.29, 0.717) is 26.3 Å². The molecule has 11 heteroatoms. The van der Waals surface area contributed by atoms with Crippen LogP contribution in [0.15, 0.2) is 94.3 Å². The topological polar surface area (TPSA) is 95.8 Å². The van der Waals surface area contributed by atoms with E-state index in [4.69, 9.17) is 11.6 Å². The van der Waals surface area contributed by atoms with Gasteiger partial charge in [0.15, 0.2) is 16.2 Å². The Labute approximate surface area is 214 Å². The number of aromatic amines is 1. The molecule has 1 amide bonds. The van der Waals surface area contributed by atoms with Gasteiger partial charge in [-0.25, -0.2) is 9.97 Å². The third-order valence-electron chi connectivity index (χ3n) is 5.06. The van der Waals surface area contributed by atoms with Crippen molar-refractivity contribution < 1.29 is 17.2 Å². The molecule has 2 N–H and O–H groups in total. The molecule has 2 aromatic heterocycles. The van der Waals surface area contributed by atoms with Crippen LogP contribution in [0, 0.1) is 0 Å². The third kappa shape index (κ3) is 4.96. The summed E-state index contributed by atoms with van der Waals surface area (Å²) >= 11 is 8.36. The SMILES string of the molecule is O=C(CSc1[nH]c2ccccc2[n+]1S(=O)(=O)c1ccccc1)Nc1nc(-c2ccc(Cl)cc2)cs1. The highest BCUT2D eigenvalue weighted by Gasteiger charge is 2.32. The minimum atomic E-state index is -3.88. The van der Waals surface area contributed by atoms with Gasteiger partial charge in [0.2, 0.25) is 5.91 Å². The van der Waals surface area contributed by atoms with Gasteiger partial charge in [0.25, 0.3) is 0 Å². The summed E-state index contributed by atoms with van der Waals surface area (Å²) < 4.78 is 28.1. The number of thioether (sulfide) groups is 1. The van der Waals surface area contributed by atoms with Crippen LogP contribution in [0.4, 0.5) is 5.13 Å². The molecule has 0 aliphatic rings. The molecule has 0 aliphatic carbocycles. The molecule has 3 aromatic carbocycles. The van der Waals surface area contributed by atoms with E-state index in [1.165, 1.54) is 15.3 Å². The van der Waals surface area contributed by atoms with E-state index in [0.717, 1.165) is 23.0 Å². The summed E-state index contributed by atoms with van der Waals surface area (Å²) in [6.45, 7) is 0. The zero-order valence-corrected chi connectivity index (χ0v) is 21.2. The summed E-state index contributed by atoms with van der Waals surface area (Å²) in [5.41, 5.74) is 2.79. The number of benzene rings is 3. The van der Waals surface area contributed by atoms with E-state index >= 15 is 0 Å². The van der Waals surface area contributed by atoms with Crippen LogP contribution in [0.25, 0.3) is 22.3 Å². The van der Waals surface area contributed by atoms with Crippen molar-refractivity contribution in [3.63, 3.8) is 0 Å². The number of amides is 1. The molecule has 0 bridgehead atoms. The molecular formula is C24H18ClN4O3S3+. The highest BCUT2D eigenvalue weighted by atomic mass is 35.5. The van der Waals surface area contributed by atoms with E-state index < -0.39 is 10.0 Å². The Kier molecular flexibility index (Phi) is 6.61. The lowest BCUT2D eigenvalue weighted by atomic mass is 10.2. The molecule has 0 unspecified atom stereocenters. The second kappa shape index (κ2) is 9.82. The molecule has 35 heavy (non-hydrogen) atoms. The molecule has 2 heterocycles. The fraction of sp³-hybridized carbons (Fsp3) is 0.0417. The van der Waals surface area contributed by atoms with Gasteiger partial charge < -0.3 is 5.32 Å². The maximum Gasteiger partial charge on any atom is 0.336 e. The first-order chi connectivity index (χ1) is 16.9. The molecule has 0 radical (unpaired) electrons. The van der Waals surface area contributed by atoms with E-state index in [2.05, 4.69) is 15.3 Å². The lowest BCUT2D eigenvalue weighted by molar-refractivity contribution is -0.526. The number of hydrogen-bond donors (Lipinski definition) is 2. The lowest BCUT2D eigenvalue weighted by Gasteiger charge is -2.04. The fourth-order valence-electron chi connectivity index (χ4n) is 3.44. The van der Waals surface area contributed by atoms with Crippen LogP contribution in [0.3, 0.4) is 0 Å². The van der Waals surface area contributed by atoms with Crippen molar-refractivity contribution in [3.8, 4) is 11.3 Å². The zero-order chi connectivity index (χ0) is 24.4. The van der Waals surface area contributed by atoms with Crippen LogP contribution < -0.4 is 9.29 Å². The Balaban J connectivity index is 1.36. The minimum absolute atomic E-state index is 0.00695. The van der Waals surface area contributed by atoms with Gasteiger partial charge in [0.1, 0.15) is 4.90 Å². The molecule has 0 fully saturated rings. The Bertz CT molecular complexity index is 1620. The molecule has 0 spiro atoms. The number of nitrogens with zero attached hydrogens (tertiary/aromatic N) is 2. The largest absolute Gasteiger partial charge is 0.336 e. The second-order valence-corrected chi connectivity index (χ2v) is 11.5. The number of rotatable bonds is 7. The first-order valence-corrected chi connectivity index (χ1v) is 14.1. The van der Waals surface area contributed by atoms with Crippen LogP contribution in [0.1, 0.15) is 0 Å². The molecule has 7 nitrogen and oxygen atoms in total. The summed E-state index contributed by atoms with van der Waals surface area (Å²) in [6.07, 6.45) is 0. The van der Waals surface area contributed by atoms with E-state index in [-0.39, 0.29) is 16.6 Å². The summed E-state index contributed by atoms with van der Waals surface area (Å²) in [7, 11) is -3.88. The van der Waals surface area contributed by atoms with Crippen LogP contribution in [0.5, 0.6) is 0 Å². The van der Waals surface area contributed by atoms with Crippen molar-refractivity contribution in [3.05, 3.63) is 89.3 Å².